The van der Waals surface area contributed by atoms with Crippen LogP contribution in [0.25, 0.3) is 0 Å². The predicted molar refractivity (Wildman–Crippen MR) is 88.9 cm³/mol. The van der Waals surface area contributed by atoms with Crippen LogP contribution in [0.5, 0.6) is 11.5 Å². The summed E-state index contributed by atoms with van der Waals surface area (Å²) in [6.07, 6.45) is 0.818. The Kier molecular flexibility index (Phi) is 4.24. The summed E-state index contributed by atoms with van der Waals surface area (Å²) in [5.41, 5.74) is 3.42. The Bertz CT molecular complexity index is 712. The van der Waals surface area contributed by atoms with Crippen molar-refractivity contribution in [2.24, 2.45) is 0 Å². The van der Waals surface area contributed by atoms with Gasteiger partial charge in [-0.15, -0.1) is 0 Å². The van der Waals surface area contributed by atoms with E-state index in [-0.39, 0.29) is 11.9 Å². The number of amides is 1. The highest BCUT2D eigenvalue weighted by Crippen LogP contribution is 2.40. The van der Waals surface area contributed by atoms with E-state index in [4.69, 9.17) is 9.47 Å². The minimum absolute atomic E-state index is 0.0827. The minimum Gasteiger partial charge on any atom is -0.493 e. The Morgan fingerprint density at radius 3 is 2.35 bits per heavy atom. The second-order valence-electron chi connectivity index (χ2n) is 5.68. The summed E-state index contributed by atoms with van der Waals surface area (Å²) in [6.45, 7) is 2.33. The first-order chi connectivity index (χ1) is 11.2. The molecule has 23 heavy (non-hydrogen) atoms. The lowest BCUT2D eigenvalue weighted by molar-refractivity contribution is -0.130. The first-order valence-electron chi connectivity index (χ1n) is 7.72. The summed E-state index contributed by atoms with van der Waals surface area (Å²) in [7, 11) is 3.27. The van der Waals surface area contributed by atoms with E-state index in [1.807, 2.05) is 35.2 Å². The van der Waals surface area contributed by atoms with Gasteiger partial charge in [-0.25, -0.2) is 0 Å². The van der Waals surface area contributed by atoms with Gasteiger partial charge < -0.3 is 14.4 Å². The third-order valence-corrected chi connectivity index (χ3v) is 4.39. The average molecular weight is 311 g/mol. The molecule has 2 aromatic carbocycles. The molecule has 1 heterocycles. The van der Waals surface area contributed by atoms with Gasteiger partial charge in [0.2, 0.25) is 5.91 Å². The van der Waals surface area contributed by atoms with Crippen molar-refractivity contribution < 1.29 is 14.3 Å². The third kappa shape index (κ3) is 2.77. The number of carbonyl (C=O) groups is 1. The highest BCUT2D eigenvalue weighted by molar-refractivity contribution is 5.75. The van der Waals surface area contributed by atoms with Crippen molar-refractivity contribution in [2.45, 2.75) is 19.4 Å². The standard InChI is InChI=1S/C19H21NO3/c1-13(21)20-10-9-15-11-17(22-2)18(23-3)12-16(15)19(20)14-7-5-4-6-8-14/h4-8,11-12,19H,9-10H2,1-3H3/t19-/m0/s1. The largest absolute Gasteiger partial charge is 0.493 e. The van der Waals surface area contributed by atoms with Gasteiger partial charge in [0.1, 0.15) is 0 Å². The summed E-state index contributed by atoms with van der Waals surface area (Å²) in [5.74, 6) is 1.51. The van der Waals surface area contributed by atoms with E-state index < -0.39 is 0 Å². The molecule has 0 saturated carbocycles. The first kappa shape index (κ1) is 15.4. The third-order valence-electron chi connectivity index (χ3n) is 4.39. The lowest BCUT2D eigenvalue weighted by Gasteiger charge is -2.37. The lowest BCUT2D eigenvalue weighted by atomic mass is 9.87. The van der Waals surface area contributed by atoms with E-state index in [1.54, 1.807) is 21.1 Å². The maximum absolute atomic E-state index is 12.1. The van der Waals surface area contributed by atoms with E-state index in [2.05, 4.69) is 12.1 Å². The maximum Gasteiger partial charge on any atom is 0.220 e. The van der Waals surface area contributed by atoms with Crippen LogP contribution in [0.1, 0.15) is 29.7 Å². The van der Waals surface area contributed by atoms with Gasteiger partial charge in [-0.2, -0.15) is 0 Å². The van der Waals surface area contributed by atoms with Crippen LogP contribution in [0.15, 0.2) is 42.5 Å². The SMILES string of the molecule is COc1cc2c(cc1OC)[C@H](c1ccccc1)N(C(C)=O)CC2. The van der Waals surface area contributed by atoms with Crippen molar-refractivity contribution in [1.82, 2.24) is 4.90 Å². The van der Waals surface area contributed by atoms with E-state index in [0.29, 0.717) is 12.3 Å². The molecule has 120 valence electrons. The quantitative estimate of drug-likeness (QED) is 0.874. The molecule has 0 saturated heterocycles. The van der Waals surface area contributed by atoms with Crippen molar-refractivity contribution >= 4 is 5.91 Å². The zero-order valence-corrected chi connectivity index (χ0v) is 13.7. The van der Waals surface area contributed by atoms with Crippen molar-refractivity contribution in [3.05, 3.63) is 59.2 Å². The molecule has 1 amide bonds. The van der Waals surface area contributed by atoms with Gasteiger partial charge in [-0.05, 0) is 35.2 Å². The number of hydrogen-bond donors (Lipinski definition) is 0. The van der Waals surface area contributed by atoms with Crippen LogP contribution in [0.2, 0.25) is 0 Å². The van der Waals surface area contributed by atoms with Crippen LogP contribution in [0.4, 0.5) is 0 Å². The summed E-state index contributed by atoms with van der Waals surface area (Å²) < 4.78 is 10.9. The molecule has 0 aliphatic carbocycles. The Hall–Kier alpha value is -2.49. The molecule has 0 radical (unpaired) electrons. The minimum atomic E-state index is -0.0859. The highest BCUT2D eigenvalue weighted by Gasteiger charge is 2.31. The van der Waals surface area contributed by atoms with Crippen LogP contribution in [-0.2, 0) is 11.2 Å². The first-order valence-corrected chi connectivity index (χ1v) is 7.72. The normalized spacial score (nSPS) is 16.7. The Balaban J connectivity index is 2.17. The van der Waals surface area contributed by atoms with Gasteiger partial charge in [0.15, 0.2) is 11.5 Å². The number of rotatable bonds is 3. The fourth-order valence-electron chi connectivity index (χ4n) is 3.28. The maximum atomic E-state index is 12.1. The summed E-state index contributed by atoms with van der Waals surface area (Å²) in [6, 6.07) is 14.1. The van der Waals surface area contributed by atoms with Gasteiger partial charge in [0.05, 0.1) is 20.3 Å². The molecule has 0 spiro atoms. The van der Waals surface area contributed by atoms with Gasteiger partial charge in [0, 0.05) is 13.5 Å². The smallest absolute Gasteiger partial charge is 0.220 e. The van der Waals surface area contributed by atoms with Crippen LogP contribution < -0.4 is 9.47 Å². The topological polar surface area (TPSA) is 38.8 Å². The van der Waals surface area contributed by atoms with Gasteiger partial charge in [-0.1, -0.05) is 30.3 Å². The van der Waals surface area contributed by atoms with Gasteiger partial charge in [-0.3, -0.25) is 4.79 Å². The van der Waals surface area contributed by atoms with Crippen LogP contribution in [0.3, 0.4) is 0 Å². The van der Waals surface area contributed by atoms with Crippen LogP contribution >= 0.6 is 0 Å². The van der Waals surface area contributed by atoms with Gasteiger partial charge >= 0.3 is 0 Å². The van der Waals surface area contributed by atoms with Gasteiger partial charge in [0.25, 0.3) is 0 Å². The fourth-order valence-corrected chi connectivity index (χ4v) is 3.28. The van der Waals surface area contributed by atoms with E-state index >= 15 is 0 Å². The highest BCUT2D eigenvalue weighted by atomic mass is 16.5. The molecule has 1 atom stereocenters. The molecule has 3 rings (SSSR count). The molecule has 0 N–H and O–H groups in total. The summed E-state index contributed by atoms with van der Waals surface area (Å²) >= 11 is 0. The van der Waals surface area contributed by atoms with E-state index in [1.165, 1.54) is 5.56 Å². The molecule has 0 aromatic heterocycles. The number of hydrogen-bond acceptors (Lipinski definition) is 3. The van der Waals surface area contributed by atoms with Crippen molar-refractivity contribution in [3.63, 3.8) is 0 Å². The Morgan fingerprint density at radius 2 is 1.74 bits per heavy atom. The molecule has 4 nitrogen and oxygen atoms in total. The van der Waals surface area contributed by atoms with Crippen molar-refractivity contribution in [2.75, 3.05) is 20.8 Å². The zero-order valence-electron chi connectivity index (χ0n) is 13.7. The molecule has 0 bridgehead atoms. The average Bonchev–Trinajstić information content (AvgIpc) is 2.59. The van der Waals surface area contributed by atoms with E-state index in [0.717, 1.165) is 23.3 Å². The number of nitrogens with zero attached hydrogens (tertiary/aromatic N) is 1. The van der Waals surface area contributed by atoms with Crippen molar-refractivity contribution in [3.8, 4) is 11.5 Å². The van der Waals surface area contributed by atoms with Crippen LogP contribution in [0, 0.1) is 0 Å². The summed E-state index contributed by atoms with van der Waals surface area (Å²) in [5, 5.41) is 0. The molecule has 4 heteroatoms. The predicted octanol–water partition coefficient (Wildman–Crippen LogP) is 3.20. The number of carbonyl (C=O) groups excluding carboxylic acids is 1. The zero-order chi connectivity index (χ0) is 16.4. The Morgan fingerprint density at radius 1 is 1.09 bits per heavy atom. The number of ether oxygens (including phenoxy) is 2. The van der Waals surface area contributed by atoms with Crippen molar-refractivity contribution in [1.29, 1.82) is 0 Å². The second kappa shape index (κ2) is 6.32. The molecular weight excluding hydrogens is 290 g/mol. The lowest BCUT2D eigenvalue weighted by Crippen LogP contribution is -2.39. The van der Waals surface area contributed by atoms with Crippen LogP contribution in [-0.4, -0.2) is 31.6 Å². The van der Waals surface area contributed by atoms with E-state index in [9.17, 15) is 4.79 Å². The number of methoxy groups -OCH3 is 2. The number of benzene rings is 2. The number of fused-ring (bicyclic) bond motifs is 1. The molecular formula is C19H21NO3. The second-order valence-corrected chi connectivity index (χ2v) is 5.68. The molecule has 2 aromatic rings. The molecule has 1 aliphatic heterocycles. The summed E-state index contributed by atoms with van der Waals surface area (Å²) in [4.78, 5) is 14.1. The fraction of sp³-hybridized carbons (Fsp3) is 0.316. The Labute approximate surface area is 136 Å². The monoisotopic (exact) mass is 311 g/mol. The molecule has 0 unspecified atom stereocenters. The molecule has 0 fully saturated rings. The molecule has 1 aliphatic rings.